The maximum atomic E-state index is 14.4. The Morgan fingerprint density at radius 3 is 2.67 bits per heavy atom. The van der Waals surface area contributed by atoms with Gasteiger partial charge in [-0.2, -0.15) is 0 Å². The van der Waals surface area contributed by atoms with Gasteiger partial charge in [-0.3, -0.25) is 19.6 Å². The van der Waals surface area contributed by atoms with Crippen molar-refractivity contribution in [3.8, 4) is 0 Å². The first-order valence-corrected chi connectivity index (χ1v) is 15.7. The molecule has 0 radical (unpaired) electrons. The summed E-state index contributed by atoms with van der Waals surface area (Å²) in [6, 6.07) is 9.44. The molecular weight excluding hydrogens is 564 g/mol. The topological polar surface area (TPSA) is 83.8 Å². The number of hydrogen-bond donors (Lipinski definition) is 0. The minimum absolute atomic E-state index is 0.0166. The fourth-order valence-corrected chi connectivity index (χ4v) is 7.05. The Morgan fingerprint density at radius 1 is 1.05 bits per heavy atom. The third-order valence-electron chi connectivity index (χ3n) is 8.80. The third-order valence-corrected chi connectivity index (χ3v) is 9.03. The van der Waals surface area contributed by atoms with Crippen LogP contribution in [0.25, 0.3) is 0 Å². The zero-order valence-corrected chi connectivity index (χ0v) is 26.0. The Hall–Kier alpha value is -3.43. The van der Waals surface area contributed by atoms with Crippen LogP contribution in [0.3, 0.4) is 0 Å². The van der Waals surface area contributed by atoms with E-state index in [0.717, 1.165) is 48.5 Å². The number of carbonyl (C=O) groups is 2. The summed E-state index contributed by atoms with van der Waals surface area (Å²) in [5.74, 6) is 0.313. The molecule has 0 saturated carbocycles. The molecule has 2 aliphatic heterocycles. The number of benzene rings is 1. The van der Waals surface area contributed by atoms with E-state index < -0.39 is 17.7 Å². The van der Waals surface area contributed by atoms with Gasteiger partial charge in [0.05, 0.1) is 18.1 Å². The fraction of sp³-hybridized carbons (Fsp3) is 0.515. The maximum absolute atomic E-state index is 14.4. The van der Waals surface area contributed by atoms with E-state index in [4.69, 9.17) is 21.3 Å². The number of halogens is 1. The molecule has 4 heterocycles. The normalized spacial score (nSPS) is 22.8. The molecule has 9 nitrogen and oxygen atoms in total. The Kier molecular flexibility index (Phi) is 8.47. The molecule has 10 heteroatoms. The number of likely N-dealkylation sites (tertiary alicyclic amines) is 1. The highest BCUT2D eigenvalue weighted by molar-refractivity contribution is 6.30. The van der Waals surface area contributed by atoms with Crippen molar-refractivity contribution < 1.29 is 14.3 Å². The number of amides is 2. The van der Waals surface area contributed by atoms with Gasteiger partial charge in [0, 0.05) is 62.9 Å². The average molecular weight is 605 g/mol. The molecule has 228 valence electrons. The highest BCUT2D eigenvalue weighted by Crippen LogP contribution is 2.38. The van der Waals surface area contributed by atoms with Gasteiger partial charge in [-0.15, -0.1) is 0 Å². The first-order chi connectivity index (χ1) is 20.7. The zero-order chi connectivity index (χ0) is 30.1. The van der Waals surface area contributed by atoms with Crippen LogP contribution in [0.4, 0.5) is 4.79 Å². The van der Waals surface area contributed by atoms with Crippen LogP contribution in [0.15, 0.2) is 55.2 Å². The lowest BCUT2D eigenvalue weighted by Crippen LogP contribution is -2.63. The largest absolute Gasteiger partial charge is 0.444 e. The predicted octanol–water partition coefficient (Wildman–Crippen LogP) is 4.98. The Balaban J connectivity index is 1.31. The Labute approximate surface area is 258 Å². The molecular formula is C33H41ClN6O3. The molecule has 1 aliphatic carbocycles. The van der Waals surface area contributed by atoms with Gasteiger partial charge in [0.2, 0.25) is 5.91 Å². The number of rotatable bonds is 4. The zero-order valence-electron chi connectivity index (χ0n) is 25.3. The molecule has 1 unspecified atom stereocenters. The van der Waals surface area contributed by atoms with Crippen LogP contribution in [-0.2, 0) is 28.9 Å². The van der Waals surface area contributed by atoms with Crippen LogP contribution in [-0.4, -0.2) is 85.6 Å². The lowest BCUT2D eigenvalue weighted by Gasteiger charge is -2.46. The number of aryl methyl sites for hydroxylation is 2. The van der Waals surface area contributed by atoms with Crippen molar-refractivity contribution >= 4 is 23.6 Å². The number of hydrogen-bond acceptors (Lipinski definition) is 6. The number of carbonyl (C=O) groups excluding carboxylic acids is 2. The number of ether oxygens (including phenoxy) is 1. The predicted molar refractivity (Wildman–Crippen MR) is 165 cm³/mol. The van der Waals surface area contributed by atoms with Crippen molar-refractivity contribution in [2.75, 3.05) is 32.7 Å². The summed E-state index contributed by atoms with van der Waals surface area (Å²) in [5.41, 5.74) is 3.92. The van der Waals surface area contributed by atoms with E-state index in [2.05, 4.69) is 32.7 Å². The van der Waals surface area contributed by atoms with Gasteiger partial charge in [0.25, 0.3) is 0 Å². The van der Waals surface area contributed by atoms with Gasteiger partial charge in [-0.05, 0) is 87.3 Å². The quantitative estimate of drug-likeness (QED) is 0.418. The fourth-order valence-electron chi connectivity index (χ4n) is 6.86. The molecule has 0 spiro atoms. The lowest BCUT2D eigenvalue weighted by molar-refractivity contribution is -0.141. The number of piperidine rings is 1. The van der Waals surface area contributed by atoms with Gasteiger partial charge in [-0.1, -0.05) is 23.7 Å². The van der Waals surface area contributed by atoms with Crippen LogP contribution in [0.5, 0.6) is 0 Å². The summed E-state index contributed by atoms with van der Waals surface area (Å²) in [6.07, 6.45) is 10.7. The molecule has 2 aromatic heterocycles. The van der Waals surface area contributed by atoms with Crippen molar-refractivity contribution in [1.82, 2.24) is 29.2 Å². The van der Waals surface area contributed by atoms with Crippen molar-refractivity contribution in [2.24, 2.45) is 5.92 Å². The molecule has 2 fully saturated rings. The van der Waals surface area contributed by atoms with E-state index in [0.29, 0.717) is 38.6 Å². The third kappa shape index (κ3) is 6.58. The van der Waals surface area contributed by atoms with Gasteiger partial charge >= 0.3 is 6.09 Å². The smallest absolute Gasteiger partial charge is 0.411 e. The summed E-state index contributed by atoms with van der Waals surface area (Å²) >= 11 is 6.45. The molecule has 3 aromatic rings. The number of imidazole rings is 1. The minimum atomic E-state index is -0.665. The maximum Gasteiger partial charge on any atom is 0.411 e. The van der Waals surface area contributed by atoms with Gasteiger partial charge in [-0.25, -0.2) is 9.78 Å². The molecule has 0 N–H and O–H groups in total. The SMILES string of the molecule is CC(C)(C)OC(=O)N1CCN(C2c3ccc(Cl)cc3CCc3cccnc32)C[C@@H]1C(=O)N1CCC[C@H](Cn2ccnc2)C1. The standard InChI is InChI=1S/C33H41ClN6O3/c1-33(2,3)43-32(42)40-17-16-38(21-28(40)31(41)39-14-5-6-23(20-39)19-37-15-13-35-22-37)30-27-11-10-26(34)18-25(27)9-8-24-7-4-12-36-29(24)30/h4,7,10-13,15,18,22-23,28,30H,5-6,8-9,14,16-17,19-21H2,1-3H3/t23-,28-,30?/m1/s1. The van der Waals surface area contributed by atoms with E-state index >= 15 is 0 Å². The van der Waals surface area contributed by atoms with Crippen LogP contribution in [0.1, 0.15) is 62.0 Å². The second-order valence-electron chi connectivity index (χ2n) is 13.0. The van der Waals surface area contributed by atoms with E-state index in [1.807, 2.05) is 56.5 Å². The number of nitrogens with zero attached hydrogens (tertiary/aromatic N) is 6. The van der Waals surface area contributed by atoms with Crippen molar-refractivity contribution in [3.63, 3.8) is 0 Å². The van der Waals surface area contributed by atoms with Crippen LogP contribution < -0.4 is 0 Å². The molecule has 2 saturated heterocycles. The Bertz CT molecular complexity index is 1460. The van der Waals surface area contributed by atoms with Crippen molar-refractivity contribution in [2.45, 2.75) is 70.7 Å². The summed E-state index contributed by atoms with van der Waals surface area (Å²) in [5, 5.41) is 0.717. The first kappa shape index (κ1) is 29.6. The van der Waals surface area contributed by atoms with E-state index in [1.165, 1.54) is 11.1 Å². The summed E-state index contributed by atoms with van der Waals surface area (Å²) in [7, 11) is 0. The monoisotopic (exact) mass is 604 g/mol. The minimum Gasteiger partial charge on any atom is -0.444 e. The first-order valence-electron chi connectivity index (χ1n) is 15.4. The van der Waals surface area contributed by atoms with Crippen LogP contribution >= 0.6 is 11.6 Å². The van der Waals surface area contributed by atoms with Gasteiger partial charge < -0.3 is 14.2 Å². The van der Waals surface area contributed by atoms with Crippen LogP contribution in [0.2, 0.25) is 5.02 Å². The van der Waals surface area contributed by atoms with E-state index in [9.17, 15) is 9.59 Å². The molecule has 0 bridgehead atoms. The van der Waals surface area contributed by atoms with Crippen molar-refractivity contribution in [1.29, 1.82) is 0 Å². The summed E-state index contributed by atoms with van der Waals surface area (Å²) in [4.78, 5) is 43.0. The molecule has 6 rings (SSSR count). The number of piperazine rings is 1. The second kappa shape index (κ2) is 12.3. The van der Waals surface area contributed by atoms with Gasteiger partial charge in [0.1, 0.15) is 11.6 Å². The number of aromatic nitrogens is 3. The lowest BCUT2D eigenvalue weighted by atomic mass is 9.94. The van der Waals surface area contributed by atoms with E-state index in [-0.39, 0.29) is 11.9 Å². The molecule has 1 aromatic carbocycles. The number of fused-ring (bicyclic) bond motifs is 2. The highest BCUT2D eigenvalue weighted by atomic mass is 35.5. The molecule has 2 amide bonds. The Morgan fingerprint density at radius 2 is 1.88 bits per heavy atom. The van der Waals surface area contributed by atoms with Crippen molar-refractivity contribution in [3.05, 3.63) is 82.7 Å². The van der Waals surface area contributed by atoms with Gasteiger partial charge in [0.15, 0.2) is 0 Å². The highest BCUT2D eigenvalue weighted by Gasteiger charge is 2.43. The molecule has 3 aliphatic rings. The molecule has 3 atom stereocenters. The van der Waals surface area contributed by atoms with E-state index in [1.54, 1.807) is 11.1 Å². The van der Waals surface area contributed by atoms with Crippen LogP contribution in [0, 0.1) is 5.92 Å². The summed E-state index contributed by atoms with van der Waals surface area (Å²) in [6.45, 7) is 9.12. The molecule has 43 heavy (non-hydrogen) atoms. The second-order valence-corrected chi connectivity index (χ2v) is 13.5. The summed E-state index contributed by atoms with van der Waals surface area (Å²) < 4.78 is 7.90. The number of pyridine rings is 1. The average Bonchev–Trinajstić information content (AvgIpc) is 3.43.